The first-order valence-corrected chi connectivity index (χ1v) is 10.5. The minimum atomic E-state index is -3.64. The highest BCUT2D eigenvalue weighted by molar-refractivity contribution is 7.91. The molecule has 2 rings (SSSR count). The number of hydrogen-bond donors (Lipinski definition) is 1. The van der Waals surface area contributed by atoms with Gasteiger partial charge in [0.15, 0.2) is 9.84 Å². The van der Waals surface area contributed by atoms with Gasteiger partial charge in [0, 0.05) is 5.69 Å². The molecular formula is C20H23NO5S. The molecule has 0 spiro atoms. The molecule has 27 heavy (non-hydrogen) atoms. The topological polar surface area (TPSA) is 89.5 Å². The quantitative estimate of drug-likeness (QED) is 0.701. The van der Waals surface area contributed by atoms with E-state index < -0.39 is 27.5 Å². The largest absolute Gasteiger partial charge is 0.462 e. The number of carbonyl (C=O) groups excluding carboxylic acids is 2. The minimum Gasteiger partial charge on any atom is -0.462 e. The van der Waals surface area contributed by atoms with E-state index >= 15 is 0 Å². The summed E-state index contributed by atoms with van der Waals surface area (Å²) in [4.78, 5) is 23.6. The normalized spacial score (nSPS) is 11.0. The third-order valence-electron chi connectivity index (χ3n) is 3.85. The fourth-order valence-corrected chi connectivity index (χ4v) is 3.75. The number of benzene rings is 2. The Bertz CT molecular complexity index is 887. The maximum Gasteiger partial charge on any atom is 0.338 e. The molecule has 0 aliphatic rings. The number of carbonyl (C=O) groups is 2. The first-order valence-electron chi connectivity index (χ1n) is 8.68. The Morgan fingerprint density at radius 2 is 1.52 bits per heavy atom. The summed E-state index contributed by atoms with van der Waals surface area (Å²) in [6, 6.07) is 13.4. The van der Waals surface area contributed by atoms with Crippen LogP contribution in [0.3, 0.4) is 0 Å². The van der Waals surface area contributed by atoms with Gasteiger partial charge in [0.1, 0.15) is 5.75 Å². The van der Waals surface area contributed by atoms with Crippen molar-refractivity contribution < 1.29 is 22.7 Å². The zero-order chi connectivity index (χ0) is 19.9. The van der Waals surface area contributed by atoms with Gasteiger partial charge in [-0.1, -0.05) is 31.2 Å². The first-order chi connectivity index (χ1) is 12.8. The molecule has 2 aromatic rings. The molecule has 144 valence electrons. The van der Waals surface area contributed by atoms with Gasteiger partial charge in [-0.2, -0.15) is 0 Å². The fraction of sp³-hybridized carbons (Fsp3) is 0.300. The Morgan fingerprint density at radius 3 is 2.07 bits per heavy atom. The first kappa shape index (κ1) is 20.6. The van der Waals surface area contributed by atoms with Crippen molar-refractivity contribution >= 4 is 27.4 Å². The van der Waals surface area contributed by atoms with Crippen LogP contribution in [-0.2, 0) is 31.5 Å². The molecule has 1 amide bonds. The Morgan fingerprint density at radius 1 is 0.926 bits per heavy atom. The number of hydrogen-bond acceptors (Lipinski definition) is 5. The Hall–Kier alpha value is -2.67. The summed E-state index contributed by atoms with van der Waals surface area (Å²) in [5.74, 6) is -1.93. The maximum absolute atomic E-state index is 12.3. The molecule has 1 N–H and O–H groups in total. The number of anilines is 1. The van der Waals surface area contributed by atoms with E-state index in [-0.39, 0.29) is 12.4 Å². The Labute approximate surface area is 159 Å². The van der Waals surface area contributed by atoms with Crippen LogP contribution in [0.15, 0.2) is 48.5 Å². The van der Waals surface area contributed by atoms with Crippen LogP contribution < -0.4 is 5.32 Å². The van der Waals surface area contributed by atoms with Gasteiger partial charge in [0.05, 0.1) is 17.9 Å². The van der Waals surface area contributed by atoms with Crippen molar-refractivity contribution in [1.29, 1.82) is 0 Å². The van der Waals surface area contributed by atoms with Gasteiger partial charge >= 0.3 is 5.97 Å². The smallest absolute Gasteiger partial charge is 0.338 e. The zero-order valence-corrected chi connectivity index (χ0v) is 16.2. The highest BCUT2D eigenvalue weighted by atomic mass is 32.2. The number of esters is 1. The van der Waals surface area contributed by atoms with Crippen molar-refractivity contribution in [2.24, 2.45) is 0 Å². The lowest BCUT2D eigenvalue weighted by Gasteiger charge is -2.08. The zero-order valence-electron chi connectivity index (χ0n) is 15.4. The lowest BCUT2D eigenvalue weighted by molar-refractivity contribution is -0.113. The van der Waals surface area contributed by atoms with Gasteiger partial charge in [0.25, 0.3) is 0 Å². The van der Waals surface area contributed by atoms with Crippen LogP contribution in [-0.4, -0.2) is 32.7 Å². The van der Waals surface area contributed by atoms with Crippen molar-refractivity contribution in [2.45, 2.75) is 26.0 Å². The molecule has 0 heterocycles. The highest BCUT2D eigenvalue weighted by Crippen LogP contribution is 2.12. The van der Waals surface area contributed by atoms with E-state index in [9.17, 15) is 18.0 Å². The molecule has 2 aromatic carbocycles. The number of aryl methyl sites for hydroxylation is 1. The molecule has 6 nitrogen and oxygen atoms in total. The van der Waals surface area contributed by atoms with Gasteiger partial charge in [-0.25, -0.2) is 13.2 Å². The van der Waals surface area contributed by atoms with Crippen LogP contribution in [0.4, 0.5) is 5.69 Å². The SMILES string of the molecule is CCOC(=O)c1ccc(CS(=O)(=O)CC(=O)Nc2ccc(CC)cc2)cc1. The summed E-state index contributed by atoms with van der Waals surface area (Å²) in [6.07, 6.45) is 0.886. The lowest BCUT2D eigenvalue weighted by atomic mass is 10.1. The van der Waals surface area contributed by atoms with Crippen LogP contribution >= 0.6 is 0 Å². The molecule has 0 atom stereocenters. The van der Waals surface area contributed by atoms with E-state index in [1.165, 1.54) is 12.1 Å². The predicted octanol–water partition coefficient (Wildman–Crippen LogP) is 2.98. The van der Waals surface area contributed by atoms with Crippen LogP contribution in [0.2, 0.25) is 0 Å². The van der Waals surface area contributed by atoms with E-state index in [1.54, 1.807) is 31.2 Å². The van der Waals surface area contributed by atoms with Gasteiger partial charge < -0.3 is 10.1 Å². The van der Waals surface area contributed by atoms with Crippen molar-refractivity contribution in [1.82, 2.24) is 0 Å². The number of rotatable bonds is 8. The summed E-state index contributed by atoms with van der Waals surface area (Å²) in [7, 11) is -3.64. The predicted molar refractivity (Wildman–Crippen MR) is 104 cm³/mol. The summed E-state index contributed by atoms with van der Waals surface area (Å²) < 4.78 is 29.4. The molecule has 0 unspecified atom stereocenters. The fourth-order valence-electron chi connectivity index (χ4n) is 2.48. The van der Waals surface area contributed by atoms with Gasteiger partial charge in [-0.15, -0.1) is 0 Å². The Balaban J connectivity index is 1.95. The van der Waals surface area contributed by atoms with E-state index in [4.69, 9.17) is 4.74 Å². The van der Waals surface area contributed by atoms with Gasteiger partial charge in [0.2, 0.25) is 5.91 Å². The molecule has 0 bridgehead atoms. The summed E-state index contributed by atoms with van der Waals surface area (Å²) in [5.41, 5.74) is 2.55. The average molecular weight is 389 g/mol. The van der Waals surface area contributed by atoms with Crippen molar-refractivity contribution in [3.8, 4) is 0 Å². The van der Waals surface area contributed by atoms with E-state index in [0.717, 1.165) is 12.0 Å². The summed E-state index contributed by atoms with van der Waals surface area (Å²) in [6.45, 7) is 4.01. The van der Waals surface area contributed by atoms with E-state index in [1.807, 2.05) is 19.1 Å². The molecule has 7 heteroatoms. The van der Waals surface area contributed by atoms with Crippen molar-refractivity contribution in [3.63, 3.8) is 0 Å². The third-order valence-corrected chi connectivity index (χ3v) is 5.32. The standard InChI is InChI=1S/C20H23NO5S/c1-3-15-7-11-18(12-8-15)21-19(22)14-27(24,25)13-16-5-9-17(10-6-16)20(23)26-4-2/h5-12H,3-4,13-14H2,1-2H3,(H,21,22). The number of nitrogens with one attached hydrogen (secondary N) is 1. The molecule has 0 fully saturated rings. The molecular weight excluding hydrogens is 366 g/mol. The van der Waals surface area contributed by atoms with Crippen LogP contribution in [0.25, 0.3) is 0 Å². The Kier molecular flexibility index (Phi) is 7.12. The highest BCUT2D eigenvalue weighted by Gasteiger charge is 2.18. The molecule has 0 aliphatic carbocycles. The van der Waals surface area contributed by atoms with Crippen LogP contribution in [0.5, 0.6) is 0 Å². The second-order valence-electron chi connectivity index (χ2n) is 6.05. The third kappa shape index (κ3) is 6.53. The molecule has 0 aromatic heterocycles. The molecule has 0 radical (unpaired) electrons. The molecule has 0 saturated heterocycles. The van der Waals surface area contributed by atoms with Crippen LogP contribution in [0, 0.1) is 0 Å². The molecule has 0 aliphatic heterocycles. The second-order valence-corrected chi connectivity index (χ2v) is 8.11. The average Bonchev–Trinajstić information content (AvgIpc) is 2.62. The van der Waals surface area contributed by atoms with Gasteiger partial charge in [-0.05, 0) is 48.7 Å². The number of amides is 1. The van der Waals surface area contributed by atoms with Gasteiger partial charge in [-0.3, -0.25) is 4.79 Å². The van der Waals surface area contributed by atoms with E-state index in [0.29, 0.717) is 16.8 Å². The van der Waals surface area contributed by atoms with Crippen LogP contribution in [0.1, 0.15) is 35.3 Å². The maximum atomic E-state index is 12.3. The second kappa shape index (κ2) is 9.32. The minimum absolute atomic E-state index is 0.269. The van der Waals surface area contributed by atoms with E-state index in [2.05, 4.69) is 5.32 Å². The summed E-state index contributed by atoms with van der Waals surface area (Å²) >= 11 is 0. The molecule has 0 saturated carbocycles. The summed E-state index contributed by atoms with van der Waals surface area (Å²) in [5, 5.41) is 2.59. The van der Waals surface area contributed by atoms with Crippen molar-refractivity contribution in [2.75, 3.05) is 17.7 Å². The lowest BCUT2D eigenvalue weighted by Crippen LogP contribution is -2.24. The number of ether oxygens (including phenoxy) is 1. The monoisotopic (exact) mass is 389 g/mol. The number of sulfone groups is 1. The van der Waals surface area contributed by atoms with Crippen molar-refractivity contribution in [3.05, 3.63) is 65.2 Å².